The van der Waals surface area contributed by atoms with Crippen LogP contribution in [-0.2, 0) is 11.2 Å². The molecule has 0 aromatic heterocycles. The van der Waals surface area contributed by atoms with Crippen molar-refractivity contribution in [2.75, 3.05) is 7.11 Å². The molecular formula is C23H23FN2O2. The van der Waals surface area contributed by atoms with Gasteiger partial charge in [-0.3, -0.25) is 9.80 Å². The summed E-state index contributed by atoms with van der Waals surface area (Å²) in [7, 11) is 1.67. The number of carbonyl (C=O) groups is 1. The predicted octanol–water partition coefficient (Wildman–Crippen LogP) is 4.65. The van der Waals surface area contributed by atoms with Crippen LogP contribution in [0.3, 0.4) is 0 Å². The summed E-state index contributed by atoms with van der Waals surface area (Å²) in [6, 6.07) is 12.6. The third-order valence-electron chi connectivity index (χ3n) is 5.51. The van der Waals surface area contributed by atoms with Crippen LogP contribution in [0.25, 0.3) is 0 Å². The van der Waals surface area contributed by atoms with Crippen LogP contribution in [0.1, 0.15) is 43.0 Å². The fourth-order valence-electron chi connectivity index (χ4n) is 4.28. The zero-order chi connectivity index (χ0) is 19.8. The standard InChI is InChI=1S/C23H23FN2O2/c1-14(12-15(2)27)26-23(16-4-7-18(24)8-5-16)21-10-6-17-13-19(28-3)9-11-20(17)22(21)25-26/h4-5,7-9,11-13,21,23H,6,10H2,1-3H3/b14-12+/t21-,23-/m1/s1. The first-order chi connectivity index (χ1) is 13.5. The van der Waals surface area contributed by atoms with Crippen molar-refractivity contribution in [2.45, 2.75) is 32.7 Å². The number of aryl methyl sites for hydroxylation is 1. The summed E-state index contributed by atoms with van der Waals surface area (Å²) in [4.78, 5) is 11.7. The number of fused-ring (bicyclic) bond motifs is 3. The minimum atomic E-state index is -0.258. The van der Waals surface area contributed by atoms with E-state index in [4.69, 9.17) is 9.84 Å². The summed E-state index contributed by atoms with van der Waals surface area (Å²) in [5, 5.41) is 6.86. The van der Waals surface area contributed by atoms with E-state index in [9.17, 15) is 9.18 Å². The second-order valence-electron chi connectivity index (χ2n) is 7.39. The number of hydrogen-bond donors (Lipinski definition) is 0. The van der Waals surface area contributed by atoms with Gasteiger partial charge in [0.15, 0.2) is 5.78 Å². The number of rotatable bonds is 4. The van der Waals surface area contributed by atoms with Crippen molar-refractivity contribution in [3.8, 4) is 5.75 Å². The molecule has 0 unspecified atom stereocenters. The van der Waals surface area contributed by atoms with Crippen LogP contribution in [-0.4, -0.2) is 23.6 Å². The molecule has 28 heavy (non-hydrogen) atoms. The van der Waals surface area contributed by atoms with E-state index in [0.717, 1.165) is 41.1 Å². The summed E-state index contributed by atoms with van der Waals surface area (Å²) in [5.74, 6) is 0.749. The highest BCUT2D eigenvalue weighted by Crippen LogP contribution is 2.45. The van der Waals surface area contributed by atoms with Crippen LogP contribution in [0.2, 0.25) is 0 Å². The average Bonchev–Trinajstić information content (AvgIpc) is 3.07. The molecule has 0 fully saturated rings. The van der Waals surface area contributed by atoms with E-state index in [1.54, 1.807) is 13.2 Å². The molecule has 1 aliphatic heterocycles. The highest BCUT2D eigenvalue weighted by Gasteiger charge is 2.42. The Morgan fingerprint density at radius 2 is 1.96 bits per heavy atom. The molecule has 2 aromatic carbocycles. The Morgan fingerprint density at radius 3 is 2.64 bits per heavy atom. The van der Waals surface area contributed by atoms with E-state index in [0.29, 0.717) is 0 Å². The number of allylic oxidation sites excluding steroid dienone is 2. The fourth-order valence-corrected chi connectivity index (χ4v) is 4.28. The van der Waals surface area contributed by atoms with Crippen molar-refractivity contribution >= 4 is 11.5 Å². The summed E-state index contributed by atoms with van der Waals surface area (Å²) in [6.07, 6.45) is 3.47. The van der Waals surface area contributed by atoms with Gasteiger partial charge in [-0.15, -0.1) is 0 Å². The Balaban J connectivity index is 1.81. The number of ether oxygens (including phenoxy) is 1. The maximum atomic E-state index is 13.5. The Hall–Kier alpha value is -2.95. The van der Waals surface area contributed by atoms with Crippen molar-refractivity contribution in [2.24, 2.45) is 11.0 Å². The van der Waals surface area contributed by atoms with Gasteiger partial charge in [-0.2, -0.15) is 5.10 Å². The monoisotopic (exact) mass is 378 g/mol. The third kappa shape index (κ3) is 3.21. The first kappa shape index (κ1) is 18.4. The Labute approximate surface area is 164 Å². The molecule has 0 bridgehead atoms. The number of benzene rings is 2. The van der Waals surface area contributed by atoms with Crippen LogP contribution >= 0.6 is 0 Å². The minimum Gasteiger partial charge on any atom is -0.497 e. The van der Waals surface area contributed by atoms with E-state index in [1.807, 2.05) is 30.1 Å². The van der Waals surface area contributed by atoms with E-state index in [2.05, 4.69) is 12.1 Å². The van der Waals surface area contributed by atoms with Crippen LogP contribution in [0.4, 0.5) is 4.39 Å². The number of nitrogens with zero attached hydrogens (tertiary/aromatic N) is 2. The van der Waals surface area contributed by atoms with E-state index >= 15 is 0 Å². The molecule has 1 heterocycles. The van der Waals surface area contributed by atoms with Crippen molar-refractivity contribution in [3.05, 3.63) is 76.7 Å². The van der Waals surface area contributed by atoms with E-state index in [1.165, 1.54) is 24.6 Å². The molecule has 0 N–H and O–H groups in total. The second-order valence-corrected chi connectivity index (χ2v) is 7.39. The molecule has 2 aromatic rings. The highest BCUT2D eigenvalue weighted by molar-refractivity contribution is 6.06. The topological polar surface area (TPSA) is 41.9 Å². The van der Waals surface area contributed by atoms with Gasteiger partial charge in [0.05, 0.1) is 18.9 Å². The average molecular weight is 378 g/mol. The van der Waals surface area contributed by atoms with Gasteiger partial charge >= 0.3 is 0 Å². The van der Waals surface area contributed by atoms with Gasteiger partial charge < -0.3 is 4.74 Å². The van der Waals surface area contributed by atoms with Gasteiger partial charge in [0.1, 0.15) is 11.6 Å². The van der Waals surface area contributed by atoms with E-state index < -0.39 is 0 Å². The molecule has 2 atom stereocenters. The third-order valence-corrected chi connectivity index (χ3v) is 5.51. The SMILES string of the molecule is COc1ccc2c(c1)CC[C@@H]1C2=NN(/C(C)=C/C(C)=O)[C@@H]1c1ccc(F)cc1. The molecule has 0 spiro atoms. The van der Waals surface area contributed by atoms with Crippen LogP contribution in [0.5, 0.6) is 5.75 Å². The Bertz CT molecular complexity index is 979. The fraction of sp³-hybridized carbons (Fsp3) is 0.304. The maximum Gasteiger partial charge on any atom is 0.154 e. The molecule has 0 amide bonds. The maximum absolute atomic E-state index is 13.5. The number of hydrazone groups is 1. The van der Waals surface area contributed by atoms with E-state index in [-0.39, 0.29) is 23.6 Å². The highest BCUT2D eigenvalue weighted by atomic mass is 19.1. The first-order valence-electron chi connectivity index (χ1n) is 9.47. The molecule has 144 valence electrons. The summed E-state index contributed by atoms with van der Waals surface area (Å²) in [6.45, 7) is 3.43. The number of carbonyl (C=O) groups excluding carboxylic acids is 1. The minimum absolute atomic E-state index is 0.0180. The lowest BCUT2D eigenvalue weighted by molar-refractivity contribution is -0.112. The summed E-state index contributed by atoms with van der Waals surface area (Å²) < 4.78 is 18.9. The summed E-state index contributed by atoms with van der Waals surface area (Å²) >= 11 is 0. The summed E-state index contributed by atoms with van der Waals surface area (Å²) in [5.41, 5.74) is 5.16. The molecule has 0 radical (unpaired) electrons. The zero-order valence-electron chi connectivity index (χ0n) is 16.3. The molecule has 4 rings (SSSR count). The molecule has 4 nitrogen and oxygen atoms in total. The number of halogens is 1. The van der Waals surface area contributed by atoms with Crippen LogP contribution < -0.4 is 4.74 Å². The smallest absolute Gasteiger partial charge is 0.154 e. The van der Waals surface area contributed by atoms with Crippen molar-refractivity contribution < 1.29 is 13.9 Å². The van der Waals surface area contributed by atoms with Crippen molar-refractivity contribution in [1.82, 2.24) is 5.01 Å². The van der Waals surface area contributed by atoms with Gasteiger partial charge in [-0.25, -0.2) is 4.39 Å². The number of ketones is 1. The quantitative estimate of drug-likeness (QED) is 0.727. The van der Waals surface area contributed by atoms with Gasteiger partial charge in [-0.1, -0.05) is 12.1 Å². The van der Waals surface area contributed by atoms with Gasteiger partial charge in [-0.05, 0) is 68.1 Å². The van der Waals surface area contributed by atoms with Gasteiger partial charge in [0, 0.05) is 23.3 Å². The molecule has 1 aliphatic carbocycles. The first-order valence-corrected chi connectivity index (χ1v) is 9.47. The molecular weight excluding hydrogens is 355 g/mol. The van der Waals surface area contributed by atoms with Crippen molar-refractivity contribution in [3.63, 3.8) is 0 Å². The largest absolute Gasteiger partial charge is 0.497 e. The van der Waals surface area contributed by atoms with Crippen LogP contribution in [0.15, 0.2) is 59.3 Å². The van der Waals surface area contributed by atoms with Crippen molar-refractivity contribution in [1.29, 1.82) is 0 Å². The lowest BCUT2D eigenvalue weighted by Crippen LogP contribution is -2.28. The normalized spacial score (nSPS) is 21.1. The molecule has 2 aliphatic rings. The Kier molecular flexibility index (Phi) is 4.75. The lowest BCUT2D eigenvalue weighted by atomic mass is 9.77. The molecule has 5 heteroatoms. The van der Waals surface area contributed by atoms with Crippen LogP contribution in [0, 0.1) is 11.7 Å². The molecule has 0 saturated heterocycles. The number of hydrogen-bond acceptors (Lipinski definition) is 4. The Morgan fingerprint density at radius 1 is 1.21 bits per heavy atom. The van der Waals surface area contributed by atoms with Gasteiger partial charge in [0.2, 0.25) is 0 Å². The molecule has 0 saturated carbocycles. The second kappa shape index (κ2) is 7.23. The van der Waals surface area contributed by atoms with Gasteiger partial charge in [0.25, 0.3) is 0 Å². The zero-order valence-corrected chi connectivity index (χ0v) is 16.3. The lowest BCUT2D eigenvalue weighted by Gasteiger charge is -2.31. The predicted molar refractivity (Wildman–Crippen MR) is 107 cm³/mol. The number of methoxy groups -OCH3 is 1.